The summed E-state index contributed by atoms with van der Waals surface area (Å²) in [4.78, 5) is 71.0. The fourth-order valence-corrected chi connectivity index (χ4v) is 10.2. The number of benzene rings is 2. The second kappa shape index (κ2) is 18.6. The monoisotopic (exact) mass is 895 g/mol. The van der Waals surface area contributed by atoms with Crippen LogP contribution in [0.2, 0.25) is 0 Å². The first-order valence-corrected chi connectivity index (χ1v) is 21.3. The maximum Gasteiger partial charge on any atom is 0.408 e. The third kappa shape index (κ3) is 8.83. The Morgan fingerprint density at radius 1 is 0.922 bits per heavy atom. The summed E-state index contributed by atoms with van der Waals surface area (Å²) in [7, 11) is 2.79. The van der Waals surface area contributed by atoms with Crippen LogP contribution in [0.5, 0.6) is 0 Å². The smallest absolute Gasteiger partial charge is 0.408 e. The minimum absolute atomic E-state index is 0.0314. The van der Waals surface area contributed by atoms with Gasteiger partial charge in [-0.05, 0) is 63.5 Å². The Bertz CT molecular complexity index is 2090. The molecule has 1 heterocycles. The molecule has 64 heavy (non-hydrogen) atoms. The molecule has 2 aromatic carbocycles. The molecule has 0 radical (unpaired) electrons. The predicted molar refractivity (Wildman–Crippen MR) is 225 cm³/mol. The van der Waals surface area contributed by atoms with Crippen molar-refractivity contribution in [1.82, 2.24) is 5.32 Å². The number of fused-ring (bicyclic) bond motifs is 5. The summed E-state index contributed by atoms with van der Waals surface area (Å²) >= 11 is 0. The quantitative estimate of drug-likeness (QED) is 0.103. The molecule has 3 aliphatic carbocycles. The SMILES string of the molecule is COCO[C@H]1C(=O)[C@@]2(C)C([C@H](OC(=O)c3ccccc3)[C@]3(O)C[C@H](OC(=O)[C@H](O)[C@@H](NC(=O)OC(C)(C)C)c4ccccc4)C(C)=C1C3(C)C)[C@]1(OC(C)=O)CO[C@@H]1C[C@@H]2OCOC. The summed E-state index contributed by atoms with van der Waals surface area (Å²) in [6.07, 6.45) is -10.0. The highest BCUT2D eigenvalue weighted by Gasteiger charge is 2.78. The van der Waals surface area contributed by atoms with Crippen molar-refractivity contribution in [3.8, 4) is 0 Å². The number of alkyl carbamates (subject to hydrolysis) is 1. The summed E-state index contributed by atoms with van der Waals surface area (Å²) < 4.78 is 53.7. The molecule has 6 rings (SSSR count). The highest BCUT2D eigenvalue weighted by Crippen LogP contribution is 2.65. The summed E-state index contributed by atoms with van der Waals surface area (Å²) in [5.41, 5.74) is -7.29. The van der Waals surface area contributed by atoms with Gasteiger partial charge in [-0.15, -0.1) is 0 Å². The van der Waals surface area contributed by atoms with Crippen molar-refractivity contribution in [3.63, 3.8) is 0 Å². The van der Waals surface area contributed by atoms with Gasteiger partial charge in [0.1, 0.15) is 49.2 Å². The van der Waals surface area contributed by atoms with Crippen LogP contribution in [0.3, 0.4) is 0 Å². The molecule has 17 nitrogen and oxygen atoms in total. The van der Waals surface area contributed by atoms with Crippen molar-refractivity contribution >= 4 is 29.8 Å². The zero-order valence-electron chi connectivity index (χ0n) is 38.0. The van der Waals surface area contributed by atoms with Gasteiger partial charge < -0.3 is 58.2 Å². The molecule has 1 aliphatic heterocycles. The van der Waals surface area contributed by atoms with Crippen LogP contribution < -0.4 is 5.32 Å². The van der Waals surface area contributed by atoms with Gasteiger partial charge >= 0.3 is 24.0 Å². The number of rotatable bonds is 14. The summed E-state index contributed by atoms with van der Waals surface area (Å²) in [5.74, 6) is -4.80. The van der Waals surface area contributed by atoms with Gasteiger partial charge in [-0.2, -0.15) is 0 Å². The predicted octanol–water partition coefficient (Wildman–Crippen LogP) is 4.52. The van der Waals surface area contributed by atoms with E-state index in [2.05, 4.69) is 5.32 Å². The zero-order valence-corrected chi connectivity index (χ0v) is 38.0. The molecule has 4 aliphatic rings. The van der Waals surface area contributed by atoms with Gasteiger partial charge in [-0.3, -0.25) is 9.59 Å². The van der Waals surface area contributed by atoms with E-state index in [4.69, 9.17) is 42.6 Å². The number of carbonyl (C=O) groups excluding carboxylic acids is 5. The number of nitrogens with one attached hydrogen (secondary N) is 1. The molecule has 3 N–H and O–H groups in total. The van der Waals surface area contributed by atoms with E-state index in [-0.39, 0.29) is 31.0 Å². The number of hydrogen-bond donors (Lipinski definition) is 3. The van der Waals surface area contributed by atoms with E-state index in [0.29, 0.717) is 11.1 Å². The number of aliphatic hydroxyl groups excluding tert-OH is 1. The van der Waals surface area contributed by atoms with Crippen LogP contribution >= 0.6 is 0 Å². The Hall–Kier alpha value is -4.75. The topological polar surface area (TPSA) is 221 Å². The molecule has 2 bridgehead atoms. The fourth-order valence-electron chi connectivity index (χ4n) is 10.2. The van der Waals surface area contributed by atoms with Crippen molar-refractivity contribution < 1.29 is 76.8 Å². The number of esters is 3. The molecular weight excluding hydrogens is 835 g/mol. The van der Waals surface area contributed by atoms with E-state index in [1.807, 2.05) is 0 Å². The van der Waals surface area contributed by atoms with Crippen LogP contribution in [0.15, 0.2) is 71.8 Å². The third-order valence-corrected chi connectivity index (χ3v) is 13.3. The van der Waals surface area contributed by atoms with Gasteiger partial charge in [-0.25, -0.2) is 14.4 Å². The number of carbonyl (C=O) groups is 5. The average molecular weight is 896 g/mol. The number of methoxy groups -OCH3 is 2. The Labute approximate surface area is 373 Å². The summed E-state index contributed by atoms with van der Waals surface area (Å²) in [6, 6.07) is 14.9. The third-order valence-electron chi connectivity index (χ3n) is 13.3. The second-order valence-electron chi connectivity index (χ2n) is 18.7. The largest absolute Gasteiger partial charge is 0.456 e. The average Bonchev–Trinajstić information content (AvgIpc) is 3.23. The summed E-state index contributed by atoms with van der Waals surface area (Å²) in [6.45, 7) is 11.8. The molecule has 350 valence electrons. The molecule has 0 aromatic heterocycles. The van der Waals surface area contributed by atoms with Gasteiger partial charge in [-0.1, -0.05) is 62.4 Å². The Morgan fingerprint density at radius 3 is 2.09 bits per heavy atom. The minimum Gasteiger partial charge on any atom is -0.456 e. The van der Waals surface area contributed by atoms with Crippen LogP contribution in [0.1, 0.15) is 90.2 Å². The van der Waals surface area contributed by atoms with Gasteiger partial charge in [0, 0.05) is 39.4 Å². The number of aliphatic hydroxyl groups is 2. The van der Waals surface area contributed by atoms with E-state index in [9.17, 15) is 29.4 Å². The van der Waals surface area contributed by atoms with Crippen LogP contribution in [-0.4, -0.2) is 128 Å². The van der Waals surface area contributed by atoms with E-state index in [1.54, 1.807) is 97.0 Å². The first-order valence-electron chi connectivity index (χ1n) is 21.3. The zero-order chi connectivity index (χ0) is 47.0. The number of hydrogen-bond acceptors (Lipinski definition) is 16. The van der Waals surface area contributed by atoms with E-state index in [1.165, 1.54) is 33.3 Å². The van der Waals surface area contributed by atoms with Crippen LogP contribution in [0, 0.1) is 16.7 Å². The van der Waals surface area contributed by atoms with Gasteiger partial charge in [0.15, 0.2) is 17.5 Å². The van der Waals surface area contributed by atoms with Gasteiger partial charge in [0.2, 0.25) is 0 Å². The highest BCUT2D eigenvalue weighted by molar-refractivity contribution is 5.94. The minimum atomic E-state index is -2.30. The maximum atomic E-state index is 15.9. The number of ketones is 1. The summed E-state index contributed by atoms with van der Waals surface area (Å²) in [5, 5.41) is 28.2. The van der Waals surface area contributed by atoms with Crippen molar-refractivity contribution in [3.05, 3.63) is 82.9 Å². The van der Waals surface area contributed by atoms with Gasteiger partial charge in [0.05, 0.1) is 35.6 Å². The Kier molecular flexibility index (Phi) is 14.2. The standard InChI is InChI=1S/C47H61NO16/c1-26-30(61-41(53)35(50)34(28-17-13-11-14-18-28)48-42(54)64-43(3,4)5)22-47(55)39(62-40(52)29-19-15-12-16-20-29)37-45(8,38(51)36(60-25-57-10)33(26)44(47,6)7)31(59-24-56-9)21-32-46(37,23-58-32)63-27(2)49/h11-20,30-32,34-37,39,50,55H,21-25H2,1-10H3,(H,48,54)/t30-,31-,32+,34-,35+,36+,37?,39-,45+,46-,47+/m0/s1. The van der Waals surface area contributed by atoms with Crippen LogP contribution in [0.4, 0.5) is 4.79 Å². The number of Topliss-reactive ketones (excluding diaryl/α,β-unsaturated/α-hetero) is 1. The highest BCUT2D eigenvalue weighted by atomic mass is 16.7. The molecule has 11 atom stereocenters. The molecule has 2 saturated carbocycles. The Balaban J connectivity index is 1.56. The van der Waals surface area contributed by atoms with E-state index >= 15 is 4.79 Å². The molecule has 2 aromatic rings. The van der Waals surface area contributed by atoms with Crippen LogP contribution in [-0.2, 0) is 57.0 Å². The molecular formula is C47H61NO16. The van der Waals surface area contributed by atoms with Gasteiger partial charge in [0.25, 0.3) is 0 Å². The lowest BCUT2D eigenvalue weighted by atomic mass is 9.44. The van der Waals surface area contributed by atoms with E-state index in [0.717, 1.165) is 0 Å². The molecule has 0 spiro atoms. The molecule has 1 saturated heterocycles. The molecule has 3 fully saturated rings. The first-order chi connectivity index (χ1) is 30.1. The number of ether oxygens (including phenoxy) is 9. The van der Waals surface area contributed by atoms with Crippen molar-refractivity contribution in [1.29, 1.82) is 0 Å². The first kappa shape index (κ1) is 48.7. The molecule has 1 unspecified atom stereocenters. The fraction of sp³-hybridized carbons (Fsp3) is 0.596. The van der Waals surface area contributed by atoms with E-state index < -0.39 is 119 Å². The number of amides is 1. The molecule has 17 heteroatoms. The maximum absolute atomic E-state index is 15.9. The molecule has 1 amide bonds. The lowest BCUT2D eigenvalue weighted by Crippen LogP contribution is -2.82. The second-order valence-corrected chi connectivity index (χ2v) is 18.7. The van der Waals surface area contributed by atoms with Crippen molar-refractivity contribution in [2.24, 2.45) is 16.7 Å². The lowest BCUT2D eigenvalue weighted by molar-refractivity contribution is -0.352. The lowest BCUT2D eigenvalue weighted by Gasteiger charge is -2.68. The van der Waals surface area contributed by atoms with Crippen molar-refractivity contribution in [2.75, 3.05) is 34.4 Å². The van der Waals surface area contributed by atoms with Crippen molar-refractivity contribution in [2.45, 2.75) is 128 Å². The van der Waals surface area contributed by atoms with Crippen LogP contribution in [0.25, 0.3) is 0 Å². The Morgan fingerprint density at radius 2 is 1.53 bits per heavy atom. The normalized spacial score (nSPS) is 31.7.